The number of nitrogens with one attached hydrogen (secondary N) is 2. The molecule has 0 unspecified atom stereocenters. The smallest absolute Gasteiger partial charge is 0.313 e. The van der Waals surface area contributed by atoms with Crippen LogP contribution in [0.15, 0.2) is 24.3 Å². The predicted molar refractivity (Wildman–Crippen MR) is 74.0 cm³/mol. The Labute approximate surface area is 117 Å². The van der Waals surface area contributed by atoms with Crippen LogP contribution in [-0.2, 0) is 9.59 Å². The zero-order valence-corrected chi connectivity index (χ0v) is 11.2. The van der Waals surface area contributed by atoms with Crippen molar-refractivity contribution in [2.24, 2.45) is 0 Å². The molecule has 0 aliphatic carbocycles. The lowest BCUT2D eigenvalue weighted by Gasteiger charge is -2.07. The predicted octanol–water partition coefficient (Wildman–Crippen LogP) is 1.56. The number of aliphatic hydroxyl groups excluding tert-OH is 1. The molecule has 0 saturated heterocycles. The quantitative estimate of drug-likeness (QED) is 0.548. The van der Waals surface area contributed by atoms with E-state index >= 15 is 0 Å². The van der Waals surface area contributed by atoms with Crippen molar-refractivity contribution in [2.45, 2.75) is 19.3 Å². The minimum Gasteiger partial charge on any atom is -0.396 e. The molecule has 0 spiro atoms. The topological polar surface area (TPSA) is 78.4 Å². The highest BCUT2D eigenvalue weighted by Gasteiger charge is 2.13. The molecule has 0 aliphatic rings. The molecule has 1 aromatic carbocycles. The van der Waals surface area contributed by atoms with E-state index in [4.69, 9.17) is 16.7 Å². The molecule has 0 radical (unpaired) electrons. The van der Waals surface area contributed by atoms with E-state index in [1.54, 1.807) is 24.3 Å². The number of amides is 2. The van der Waals surface area contributed by atoms with Gasteiger partial charge in [0.15, 0.2) is 0 Å². The summed E-state index contributed by atoms with van der Waals surface area (Å²) < 4.78 is 0. The van der Waals surface area contributed by atoms with Gasteiger partial charge in [0.1, 0.15) is 0 Å². The Morgan fingerprint density at radius 2 is 1.84 bits per heavy atom. The van der Waals surface area contributed by atoms with Gasteiger partial charge in [-0.25, -0.2) is 0 Å². The summed E-state index contributed by atoms with van der Waals surface area (Å²) >= 11 is 5.86. The number of anilines is 1. The molecule has 104 valence electrons. The minimum atomic E-state index is -0.741. The summed E-state index contributed by atoms with van der Waals surface area (Å²) in [4.78, 5) is 23.0. The van der Waals surface area contributed by atoms with E-state index < -0.39 is 11.8 Å². The van der Waals surface area contributed by atoms with Gasteiger partial charge in [-0.2, -0.15) is 0 Å². The van der Waals surface area contributed by atoms with Crippen molar-refractivity contribution in [3.8, 4) is 0 Å². The van der Waals surface area contributed by atoms with Crippen LogP contribution in [0.1, 0.15) is 19.3 Å². The molecule has 0 bridgehead atoms. The average Bonchev–Trinajstić information content (AvgIpc) is 2.41. The first-order chi connectivity index (χ1) is 9.15. The molecule has 0 aliphatic heterocycles. The van der Waals surface area contributed by atoms with Gasteiger partial charge in [-0.15, -0.1) is 0 Å². The fourth-order valence-electron chi connectivity index (χ4n) is 1.44. The molecule has 5 nitrogen and oxygen atoms in total. The molecule has 2 amide bonds. The van der Waals surface area contributed by atoms with Crippen molar-refractivity contribution in [2.75, 3.05) is 18.5 Å². The number of carbonyl (C=O) groups is 2. The van der Waals surface area contributed by atoms with E-state index in [-0.39, 0.29) is 6.61 Å². The van der Waals surface area contributed by atoms with E-state index in [0.29, 0.717) is 23.7 Å². The highest BCUT2D eigenvalue weighted by Crippen LogP contribution is 2.20. The fraction of sp³-hybridized carbons (Fsp3) is 0.385. The van der Waals surface area contributed by atoms with Crippen LogP contribution in [-0.4, -0.2) is 30.1 Å². The molecule has 19 heavy (non-hydrogen) atoms. The number of aliphatic hydroxyl groups is 1. The molecule has 1 rings (SSSR count). The van der Waals surface area contributed by atoms with Crippen LogP contribution in [0.4, 0.5) is 5.69 Å². The van der Waals surface area contributed by atoms with Crippen LogP contribution in [0.3, 0.4) is 0 Å². The third kappa shape index (κ3) is 5.72. The van der Waals surface area contributed by atoms with E-state index in [9.17, 15) is 9.59 Å². The van der Waals surface area contributed by atoms with E-state index in [2.05, 4.69) is 10.6 Å². The molecule has 6 heteroatoms. The Morgan fingerprint density at radius 1 is 1.11 bits per heavy atom. The highest BCUT2D eigenvalue weighted by atomic mass is 35.5. The van der Waals surface area contributed by atoms with Gasteiger partial charge in [0, 0.05) is 13.2 Å². The van der Waals surface area contributed by atoms with Gasteiger partial charge < -0.3 is 15.7 Å². The number of benzene rings is 1. The minimum absolute atomic E-state index is 0.140. The number of halogens is 1. The van der Waals surface area contributed by atoms with Gasteiger partial charge in [-0.3, -0.25) is 9.59 Å². The first kappa shape index (κ1) is 15.5. The second-order valence-electron chi connectivity index (χ2n) is 3.97. The zero-order valence-electron chi connectivity index (χ0n) is 10.5. The maximum atomic E-state index is 11.6. The van der Waals surface area contributed by atoms with E-state index in [1.807, 2.05) is 0 Å². The lowest BCUT2D eigenvalue weighted by molar-refractivity contribution is -0.136. The van der Waals surface area contributed by atoms with Crippen LogP contribution >= 0.6 is 11.6 Å². The second kappa shape index (κ2) is 8.50. The molecule has 0 aromatic heterocycles. The largest absolute Gasteiger partial charge is 0.396 e. The summed E-state index contributed by atoms with van der Waals surface area (Å²) in [5.74, 6) is -1.43. The Kier molecular flexibility index (Phi) is 6.92. The van der Waals surface area contributed by atoms with Gasteiger partial charge in [0.05, 0.1) is 10.7 Å². The summed E-state index contributed by atoms with van der Waals surface area (Å²) in [5, 5.41) is 13.9. The summed E-state index contributed by atoms with van der Waals surface area (Å²) in [6, 6.07) is 6.70. The van der Waals surface area contributed by atoms with Crippen molar-refractivity contribution in [1.29, 1.82) is 0 Å². The van der Waals surface area contributed by atoms with Gasteiger partial charge in [-0.1, -0.05) is 23.7 Å². The third-order valence-corrected chi connectivity index (χ3v) is 2.78. The fourth-order valence-corrected chi connectivity index (χ4v) is 1.62. The average molecular weight is 285 g/mol. The lowest BCUT2D eigenvalue weighted by atomic mass is 10.2. The molecule has 1 aromatic rings. The monoisotopic (exact) mass is 284 g/mol. The number of para-hydroxylation sites is 1. The molecule has 0 heterocycles. The Balaban J connectivity index is 2.33. The first-order valence-electron chi connectivity index (χ1n) is 6.09. The van der Waals surface area contributed by atoms with Gasteiger partial charge in [0.2, 0.25) is 0 Å². The SMILES string of the molecule is O=C(NCCCCCO)C(=O)Nc1ccccc1Cl. The van der Waals surface area contributed by atoms with Crippen LogP contribution in [0.25, 0.3) is 0 Å². The molecular weight excluding hydrogens is 268 g/mol. The molecule has 0 fully saturated rings. The van der Waals surface area contributed by atoms with Crippen LogP contribution in [0.5, 0.6) is 0 Å². The Bertz CT molecular complexity index is 438. The number of carbonyl (C=O) groups excluding carboxylic acids is 2. The van der Waals surface area contributed by atoms with Crippen LogP contribution < -0.4 is 10.6 Å². The molecule has 3 N–H and O–H groups in total. The van der Waals surface area contributed by atoms with E-state index in [0.717, 1.165) is 12.8 Å². The maximum absolute atomic E-state index is 11.6. The van der Waals surface area contributed by atoms with Crippen molar-refractivity contribution in [3.63, 3.8) is 0 Å². The van der Waals surface area contributed by atoms with Gasteiger partial charge >= 0.3 is 11.8 Å². The summed E-state index contributed by atoms with van der Waals surface area (Å²) in [5.41, 5.74) is 0.407. The van der Waals surface area contributed by atoms with Crippen LogP contribution in [0, 0.1) is 0 Å². The van der Waals surface area contributed by atoms with Crippen molar-refractivity contribution < 1.29 is 14.7 Å². The highest BCUT2D eigenvalue weighted by molar-refractivity contribution is 6.41. The first-order valence-corrected chi connectivity index (χ1v) is 6.47. The Morgan fingerprint density at radius 3 is 2.53 bits per heavy atom. The summed E-state index contributed by atoms with van der Waals surface area (Å²) in [6.07, 6.45) is 2.23. The normalized spacial score (nSPS) is 10.0. The summed E-state index contributed by atoms with van der Waals surface area (Å²) in [7, 11) is 0. The molecule has 0 atom stereocenters. The number of rotatable bonds is 6. The molecule has 0 saturated carbocycles. The number of hydrogen-bond acceptors (Lipinski definition) is 3. The third-order valence-electron chi connectivity index (χ3n) is 2.45. The second-order valence-corrected chi connectivity index (χ2v) is 4.38. The van der Waals surface area contributed by atoms with Gasteiger partial charge in [0.25, 0.3) is 0 Å². The maximum Gasteiger partial charge on any atom is 0.313 e. The van der Waals surface area contributed by atoms with Crippen molar-refractivity contribution >= 4 is 29.1 Å². The van der Waals surface area contributed by atoms with Crippen molar-refractivity contribution in [1.82, 2.24) is 5.32 Å². The van der Waals surface area contributed by atoms with Crippen LogP contribution in [0.2, 0.25) is 5.02 Å². The van der Waals surface area contributed by atoms with E-state index in [1.165, 1.54) is 0 Å². The molecular formula is C13H17ClN2O3. The van der Waals surface area contributed by atoms with Crippen molar-refractivity contribution in [3.05, 3.63) is 29.3 Å². The Hall–Kier alpha value is -1.59. The standard InChI is InChI=1S/C13H17ClN2O3/c14-10-6-2-3-7-11(10)16-13(19)12(18)15-8-4-1-5-9-17/h2-3,6-7,17H,1,4-5,8-9H2,(H,15,18)(H,16,19). The zero-order chi connectivity index (χ0) is 14.1. The summed E-state index contributed by atoms with van der Waals surface area (Å²) in [6.45, 7) is 0.551. The number of hydrogen-bond donors (Lipinski definition) is 3. The number of unbranched alkanes of at least 4 members (excludes halogenated alkanes) is 2. The lowest BCUT2D eigenvalue weighted by Crippen LogP contribution is -2.35. The van der Waals surface area contributed by atoms with Gasteiger partial charge in [-0.05, 0) is 31.4 Å².